The molecule has 0 fully saturated rings. The molecule has 0 saturated carbocycles. The van der Waals surface area contributed by atoms with Crippen molar-refractivity contribution in [2.24, 2.45) is 7.05 Å². The summed E-state index contributed by atoms with van der Waals surface area (Å²) in [6.45, 7) is 3.17. The van der Waals surface area contributed by atoms with E-state index < -0.39 is 11.0 Å². The number of nitrogens with zero attached hydrogens (tertiary/aromatic N) is 3. The summed E-state index contributed by atoms with van der Waals surface area (Å²) in [4.78, 5) is 21.7. The number of rotatable bonds is 4. The Bertz CT molecular complexity index is 454. The van der Waals surface area contributed by atoms with Gasteiger partial charge in [-0.3, -0.25) is 14.9 Å². The van der Waals surface area contributed by atoms with Crippen molar-refractivity contribution >= 4 is 17.4 Å². The molecule has 0 saturated heterocycles. The molecule has 1 rings (SSSR count). The van der Waals surface area contributed by atoms with Crippen LogP contribution in [0.15, 0.2) is 0 Å². The van der Waals surface area contributed by atoms with Gasteiger partial charge >= 0.3 is 5.69 Å². The SMILES string of the molecule is CNC(=O)C(C)Nc1c([N+](=O)[O-])c(C)nn1C. The normalized spacial score (nSPS) is 12.0. The molecule has 0 aliphatic heterocycles. The summed E-state index contributed by atoms with van der Waals surface area (Å²) >= 11 is 0. The predicted molar refractivity (Wildman–Crippen MR) is 61.8 cm³/mol. The van der Waals surface area contributed by atoms with E-state index in [0.717, 1.165) is 0 Å². The molecule has 0 aliphatic carbocycles. The summed E-state index contributed by atoms with van der Waals surface area (Å²) in [5, 5.41) is 20.1. The van der Waals surface area contributed by atoms with Gasteiger partial charge in [0.15, 0.2) is 0 Å². The molecule has 0 spiro atoms. The van der Waals surface area contributed by atoms with E-state index in [1.807, 2.05) is 0 Å². The first-order valence-corrected chi connectivity index (χ1v) is 5.04. The van der Waals surface area contributed by atoms with Crippen molar-refractivity contribution in [2.75, 3.05) is 12.4 Å². The fraction of sp³-hybridized carbons (Fsp3) is 0.556. The first kappa shape index (κ1) is 12.9. The molecule has 1 atom stereocenters. The Morgan fingerprint density at radius 2 is 2.18 bits per heavy atom. The smallest absolute Gasteiger partial charge is 0.333 e. The van der Waals surface area contributed by atoms with Crippen molar-refractivity contribution in [1.82, 2.24) is 15.1 Å². The molecule has 94 valence electrons. The second-order valence-corrected chi connectivity index (χ2v) is 3.64. The number of nitrogens with one attached hydrogen (secondary N) is 2. The van der Waals surface area contributed by atoms with Gasteiger partial charge in [-0.05, 0) is 13.8 Å². The minimum atomic E-state index is -0.575. The van der Waals surface area contributed by atoms with Crippen LogP contribution in [0.5, 0.6) is 0 Å². The molecular formula is C9H15N5O3. The maximum atomic E-state index is 11.3. The maximum Gasteiger partial charge on any atom is 0.333 e. The minimum Gasteiger partial charge on any atom is -0.357 e. The Labute approximate surface area is 98.1 Å². The van der Waals surface area contributed by atoms with Crippen molar-refractivity contribution in [2.45, 2.75) is 19.9 Å². The molecule has 0 aromatic carbocycles. The molecule has 0 bridgehead atoms. The molecule has 1 aromatic rings. The fourth-order valence-corrected chi connectivity index (χ4v) is 1.51. The van der Waals surface area contributed by atoms with Gasteiger partial charge in [0, 0.05) is 14.1 Å². The van der Waals surface area contributed by atoms with Gasteiger partial charge in [0.2, 0.25) is 11.7 Å². The number of amides is 1. The molecule has 8 nitrogen and oxygen atoms in total. The number of hydrogen-bond acceptors (Lipinski definition) is 5. The highest BCUT2D eigenvalue weighted by Gasteiger charge is 2.26. The summed E-state index contributed by atoms with van der Waals surface area (Å²) in [6.07, 6.45) is 0. The minimum absolute atomic E-state index is 0.108. The quantitative estimate of drug-likeness (QED) is 0.578. The number of aryl methyl sites for hydroxylation is 2. The van der Waals surface area contributed by atoms with E-state index in [9.17, 15) is 14.9 Å². The van der Waals surface area contributed by atoms with Crippen molar-refractivity contribution < 1.29 is 9.72 Å². The van der Waals surface area contributed by atoms with Crippen LogP contribution in [-0.4, -0.2) is 33.7 Å². The Morgan fingerprint density at radius 1 is 1.59 bits per heavy atom. The average Bonchev–Trinajstić information content (AvgIpc) is 2.52. The van der Waals surface area contributed by atoms with Gasteiger partial charge in [0.1, 0.15) is 11.7 Å². The number of carbonyl (C=O) groups excluding carboxylic acids is 1. The van der Waals surface area contributed by atoms with E-state index in [4.69, 9.17) is 0 Å². The van der Waals surface area contributed by atoms with Gasteiger partial charge in [0.05, 0.1) is 4.92 Å². The second-order valence-electron chi connectivity index (χ2n) is 3.64. The first-order valence-electron chi connectivity index (χ1n) is 5.04. The Morgan fingerprint density at radius 3 is 2.65 bits per heavy atom. The number of likely N-dealkylation sites (N-methyl/N-ethyl adjacent to an activating group) is 1. The van der Waals surface area contributed by atoms with Crippen LogP contribution in [0, 0.1) is 17.0 Å². The molecule has 1 aromatic heterocycles. The van der Waals surface area contributed by atoms with Gasteiger partial charge in [-0.1, -0.05) is 0 Å². The number of hydrogen-bond donors (Lipinski definition) is 2. The largest absolute Gasteiger partial charge is 0.357 e. The maximum absolute atomic E-state index is 11.3. The van der Waals surface area contributed by atoms with Gasteiger partial charge < -0.3 is 10.6 Å². The third kappa shape index (κ3) is 2.52. The van der Waals surface area contributed by atoms with Crippen LogP contribution >= 0.6 is 0 Å². The zero-order valence-electron chi connectivity index (χ0n) is 10.1. The van der Waals surface area contributed by atoms with Crippen LogP contribution in [0.4, 0.5) is 11.5 Å². The van der Waals surface area contributed by atoms with Gasteiger partial charge in [0.25, 0.3) is 0 Å². The van der Waals surface area contributed by atoms with E-state index in [1.165, 1.54) is 11.7 Å². The average molecular weight is 241 g/mol. The number of carbonyl (C=O) groups is 1. The number of aromatic nitrogens is 2. The lowest BCUT2D eigenvalue weighted by molar-refractivity contribution is -0.384. The zero-order chi connectivity index (χ0) is 13.2. The third-order valence-corrected chi connectivity index (χ3v) is 2.37. The Kier molecular flexibility index (Phi) is 3.66. The zero-order valence-corrected chi connectivity index (χ0v) is 10.1. The highest BCUT2D eigenvalue weighted by Crippen LogP contribution is 2.27. The second kappa shape index (κ2) is 4.81. The van der Waals surface area contributed by atoms with Crippen LogP contribution in [0.3, 0.4) is 0 Å². The van der Waals surface area contributed by atoms with Gasteiger partial charge in [-0.2, -0.15) is 5.10 Å². The molecule has 8 heteroatoms. The van der Waals surface area contributed by atoms with Crippen molar-refractivity contribution in [3.63, 3.8) is 0 Å². The van der Waals surface area contributed by atoms with E-state index >= 15 is 0 Å². The summed E-state index contributed by atoms with van der Waals surface area (Å²) in [6, 6.07) is -0.575. The van der Waals surface area contributed by atoms with Crippen LogP contribution in [0.25, 0.3) is 0 Å². The van der Waals surface area contributed by atoms with Crippen LogP contribution in [-0.2, 0) is 11.8 Å². The first-order chi connectivity index (χ1) is 7.88. The highest BCUT2D eigenvalue weighted by molar-refractivity contribution is 5.84. The summed E-state index contributed by atoms with van der Waals surface area (Å²) in [5.74, 6) is -0.0262. The molecule has 17 heavy (non-hydrogen) atoms. The van der Waals surface area contributed by atoms with E-state index in [2.05, 4.69) is 15.7 Å². The van der Waals surface area contributed by atoms with Crippen LogP contribution in [0.2, 0.25) is 0 Å². The molecule has 0 aliphatic rings. The lowest BCUT2D eigenvalue weighted by Crippen LogP contribution is -2.35. The Balaban J connectivity index is 3.06. The summed E-state index contributed by atoms with van der Waals surface area (Å²) < 4.78 is 1.35. The Hall–Kier alpha value is -2.12. The van der Waals surface area contributed by atoms with Gasteiger partial charge in [-0.25, -0.2) is 4.68 Å². The topological polar surface area (TPSA) is 102 Å². The van der Waals surface area contributed by atoms with Crippen LogP contribution in [0.1, 0.15) is 12.6 Å². The monoisotopic (exact) mass is 241 g/mol. The molecule has 1 unspecified atom stereocenters. The van der Waals surface area contributed by atoms with Crippen molar-refractivity contribution in [1.29, 1.82) is 0 Å². The lowest BCUT2D eigenvalue weighted by atomic mass is 10.3. The van der Waals surface area contributed by atoms with E-state index in [0.29, 0.717) is 5.69 Å². The number of nitro groups is 1. The lowest BCUT2D eigenvalue weighted by Gasteiger charge is -2.12. The van der Waals surface area contributed by atoms with Crippen molar-refractivity contribution in [3.05, 3.63) is 15.8 Å². The van der Waals surface area contributed by atoms with E-state index in [-0.39, 0.29) is 17.4 Å². The highest BCUT2D eigenvalue weighted by atomic mass is 16.6. The molecule has 1 amide bonds. The third-order valence-electron chi connectivity index (χ3n) is 2.37. The predicted octanol–water partition coefficient (Wildman–Crippen LogP) is 0.183. The standard InChI is InChI=1S/C9H15N5O3/c1-5-7(14(16)17)8(13(4)12-5)11-6(2)9(15)10-3/h6,11H,1-4H3,(H,10,15). The molecule has 2 N–H and O–H groups in total. The number of anilines is 1. The summed E-state index contributed by atoms with van der Waals surface area (Å²) in [5.41, 5.74) is 0.201. The van der Waals surface area contributed by atoms with Crippen LogP contribution < -0.4 is 10.6 Å². The van der Waals surface area contributed by atoms with Gasteiger partial charge in [-0.15, -0.1) is 0 Å². The molecule has 1 heterocycles. The van der Waals surface area contributed by atoms with Crippen molar-refractivity contribution in [3.8, 4) is 0 Å². The molecule has 0 radical (unpaired) electrons. The van der Waals surface area contributed by atoms with E-state index in [1.54, 1.807) is 20.9 Å². The fourth-order valence-electron chi connectivity index (χ4n) is 1.51. The summed E-state index contributed by atoms with van der Waals surface area (Å²) in [7, 11) is 3.09. The molecular weight excluding hydrogens is 226 g/mol.